The average Bonchev–Trinajstić information content (AvgIpc) is 2.19. The van der Waals surface area contributed by atoms with Crippen molar-refractivity contribution in [2.45, 2.75) is 6.92 Å². The van der Waals surface area contributed by atoms with Crippen LogP contribution in [0.2, 0.25) is 0 Å². The van der Waals surface area contributed by atoms with Gasteiger partial charge in [0.05, 0.1) is 5.57 Å². The lowest BCUT2D eigenvalue weighted by Crippen LogP contribution is -1.82. The summed E-state index contributed by atoms with van der Waals surface area (Å²) in [5, 5.41) is 17.7. The van der Waals surface area contributed by atoms with Gasteiger partial charge in [-0.15, -0.1) is 0 Å². The number of phenols is 1. The van der Waals surface area contributed by atoms with Gasteiger partial charge in [-0.1, -0.05) is 6.07 Å². The van der Waals surface area contributed by atoms with Crippen LogP contribution in [0.25, 0.3) is 6.08 Å². The van der Waals surface area contributed by atoms with Gasteiger partial charge in [0.25, 0.3) is 0 Å². The topological polar surface area (TPSA) is 61.1 Å². The normalized spacial score (nSPS) is 10.7. The van der Waals surface area contributed by atoms with E-state index in [1.807, 2.05) is 0 Å². The van der Waals surface area contributed by atoms with E-state index in [1.165, 1.54) is 12.1 Å². The maximum absolute atomic E-state index is 10.4. The van der Waals surface area contributed by atoms with E-state index in [-0.39, 0.29) is 11.3 Å². The molecule has 0 aromatic heterocycles. The first kappa shape index (κ1) is 10.0. The first-order valence-electron chi connectivity index (χ1n) is 4.04. The Bertz CT molecular complexity index is 427. The number of nitriles is 1. The molecule has 1 rings (SSSR count). The van der Waals surface area contributed by atoms with Crippen LogP contribution in [0, 0.1) is 18.3 Å². The second-order valence-electron chi connectivity index (χ2n) is 2.88. The number of carbonyl (C=O) groups is 1. The van der Waals surface area contributed by atoms with E-state index in [0.29, 0.717) is 11.8 Å². The SMILES string of the molecule is Cc1cc(/C=C(\C#N)C=O)ccc1O. The molecular formula is C11H9NO2. The predicted octanol–water partition coefficient (Wildman–Crippen LogP) is 1.81. The van der Waals surface area contributed by atoms with Crippen LogP contribution < -0.4 is 0 Å². The molecule has 0 radical (unpaired) electrons. The third kappa shape index (κ3) is 2.20. The first-order chi connectivity index (χ1) is 6.67. The Kier molecular flexibility index (Phi) is 3.03. The van der Waals surface area contributed by atoms with Crippen molar-refractivity contribution in [2.24, 2.45) is 0 Å². The van der Waals surface area contributed by atoms with Gasteiger partial charge in [-0.3, -0.25) is 4.79 Å². The van der Waals surface area contributed by atoms with Crippen LogP contribution in [0.5, 0.6) is 5.75 Å². The number of allylic oxidation sites excluding steroid dienone is 1. The molecule has 0 aliphatic heterocycles. The molecule has 0 aliphatic rings. The van der Waals surface area contributed by atoms with Gasteiger partial charge in [0, 0.05) is 0 Å². The summed E-state index contributed by atoms with van der Waals surface area (Å²) in [7, 11) is 0. The fourth-order valence-electron chi connectivity index (χ4n) is 1.04. The van der Waals surface area contributed by atoms with Gasteiger partial charge >= 0.3 is 0 Å². The zero-order chi connectivity index (χ0) is 10.6. The number of carbonyl (C=O) groups excluding carboxylic acids is 1. The number of benzene rings is 1. The van der Waals surface area contributed by atoms with Crippen LogP contribution in [-0.4, -0.2) is 11.4 Å². The molecule has 14 heavy (non-hydrogen) atoms. The summed E-state index contributed by atoms with van der Waals surface area (Å²) < 4.78 is 0. The molecule has 0 amide bonds. The summed E-state index contributed by atoms with van der Waals surface area (Å²) in [4.78, 5) is 10.4. The Balaban J connectivity index is 3.11. The zero-order valence-electron chi connectivity index (χ0n) is 7.69. The van der Waals surface area contributed by atoms with E-state index in [4.69, 9.17) is 5.26 Å². The van der Waals surface area contributed by atoms with Crippen LogP contribution in [-0.2, 0) is 4.79 Å². The summed E-state index contributed by atoms with van der Waals surface area (Å²) in [5.41, 5.74) is 1.50. The molecule has 3 heteroatoms. The highest BCUT2D eigenvalue weighted by atomic mass is 16.3. The van der Waals surface area contributed by atoms with Crippen molar-refractivity contribution in [3.05, 3.63) is 34.9 Å². The lowest BCUT2D eigenvalue weighted by molar-refractivity contribution is -0.104. The molecule has 70 valence electrons. The fraction of sp³-hybridized carbons (Fsp3) is 0.0909. The lowest BCUT2D eigenvalue weighted by atomic mass is 10.1. The van der Waals surface area contributed by atoms with Crippen LogP contribution >= 0.6 is 0 Å². The van der Waals surface area contributed by atoms with Gasteiger partial charge in [-0.05, 0) is 36.3 Å². The average molecular weight is 187 g/mol. The molecule has 0 spiro atoms. The van der Waals surface area contributed by atoms with E-state index >= 15 is 0 Å². The van der Waals surface area contributed by atoms with Crippen molar-refractivity contribution in [1.82, 2.24) is 0 Å². The highest BCUT2D eigenvalue weighted by Gasteiger charge is 1.97. The van der Waals surface area contributed by atoms with E-state index in [1.54, 1.807) is 25.1 Å². The van der Waals surface area contributed by atoms with Crippen molar-refractivity contribution in [1.29, 1.82) is 5.26 Å². The standard InChI is InChI=1S/C11H9NO2/c1-8-4-9(2-3-11(8)14)5-10(6-12)7-13/h2-5,7,14H,1H3/b10-5+. The van der Waals surface area contributed by atoms with Gasteiger partial charge in [-0.25, -0.2) is 0 Å². The lowest BCUT2D eigenvalue weighted by Gasteiger charge is -1.99. The van der Waals surface area contributed by atoms with Crippen LogP contribution in [0.4, 0.5) is 0 Å². The van der Waals surface area contributed by atoms with Gasteiger partial charge in [-0.2, -0.15) is 5.26 Å². The molecule has 0 saturated heterocycles. The number of hydrogen-bond donors (Lipinski definition) is 1. The Morgan fingerprint density at radius 1 is 1.57 bits per heavy atom. The van der Waals surface area contributed by atoms with Crippen molar-refractivity contribution >= 4 is 12.4 Å². The largest absolute Gasteiger partial charge is 0.508 e. The summed E-state index contributed by atoms with van der Waals surface area (Å²) in [6.45, 7) is 1.75. The van der Waals surface area contributed by atoms with Crippen molar-refractivity contribution in [2.75, 3.05) is 0 Å². The maximum Gasteiger partial charge on any atom is 0.160 e. The molecule has 0 bridgehead atoms. The van der Waals surface area contributed by atoms with Crippen LogP contribution in [0.15, 0.2) is 23.8 Å². The fourth-order valence-corrected chi connectivity index (χ4v) is 1.04. The second-order valence-corrected chi connectivity index (χ2v) is 2.88. The van der Waals surface area contributed by atoms with E-state index in [9.17, 15) is 9.90 Å². The summed E-state index contributed by atoms with van der Waals surface area (Å²) >= 11 is 0. The van der Waals surface area contributed by atoms with Gasteiger partial charge in [0.15, 0.2) is 6.29 Å². The molecule has 0 unspecified atom stereocenters. The van der Waals surface area contributed by atoms with Gasteiger partial charge in [0.2, 0.25) is 0 Å². The van der Waals surface area contributed by atoms with Crippen molar-refractivity contribution < 1.29 is 9.90 Å². The van der Waals surface area contributed by atoms with Gasteiger partial charge in [0.1, 0.15) is 11.8 Å². The van der Waals surface area contributed by atoms with Crippen molar-refractivity contribution in [3.8, 4) is 11.8 Å². The highest BCUT2D eigenvalue weighted by molar-refractivity contribution is 5.86. The number of hydrogen-bond acceptors (Lipinski definition) is 3. The Morgan fingerprint density at radius 2 is 2.29 bits per heavy atom. The number of nitrogens with zero attached hydrogens (tertiary/aromatic N) is 1. The maximum atomic E-state index is 10.4. The van der Waals surface area contributed by atoms with Crippen molar-refractivity contribution in [3.63, 3.8) is 0 Å². The van der Waals surface area contributed by atoms with E-state index < -0.39 is 0 Å². The molecule has 0 saturated carbocycles. The monoisotopic (exact) mass is 187 g/mol. The number of aromatic hydroxyl groups is 1. The third-order valence-corrected chi connectivity index (χ3v) is 1.80. The smallest absolute Gasteiger partial charge is 0.160 e. The minimum absolute atomic E-state index is 0.0649. The Labute approximate surface area is 81.9 Å². The molecular weight excluding hydrogens is 178 g/mol. The summed E-state index contributed by atoms with van der Waals surface area (Å²) in [6, 6.07) is 6.64. The number of aryl methyl sites for hydroxylation is 1. The molecule has 0 aliphatic carbocycles. The van der Waals surface area contributed by atoms with Crippen LogP contribution in [0.1, 0.15) is 11.1 Å². The van der Waals surface area contributed by atoms with E-state index in [0.717, 1.165) is 5.56 Å². The molecule has 1 aromatic carbocycles. The molecule has 0 atom stereocenters. The zero-order valence-corrected chi connectivity index (χ0v) is 7.69. The second kappa shape index (κ2) is 4.24. The number of phenolic OH excluding ortho intramolecular Hbond substituents is 1. The predicted molar refractivity (Wildman–Crippen MR) is 52.5 cm³/mol. The summed E-state index contributed by atoms with van der Waals surface area (Å²) in [6.07, 6.45) is 1.97. The highest BCUT2D eigenvalue weighted by Crippen LogP contribution is 2.18. The minimum atomic E-state index is 0.0649. The first-order valence-corrected chi connectivity index (χ1v) is 4.04. The molecule has 1 aromatic rings. The Hall–Kier alpha value is -2.08. The quantitative estimate of drug-likeness (QED) is 0.436. The molecule has 0 heterocycles. The third-order valence-electron chi connectivity index (χ3n) is 1.80. The summed E-state index contributed by atoms with van der Waals surface area (Å²) in [5.74, 6) is 0.201. The van der Waals surface area contributed by atoms with Crippen LogP contribution in [0.3, 0.4) is 0 Å². The number of rotatable bonds is 2. The van der Waals surface area contributed by atoms with E-state index in [2.05, 4.69) is 0 Å². The van der Waals surface area contributed by atoms with Gasteiger partial charge < -0.3 is 5.11 Å². The molecule has 3 nitrogen and oxygen atoms in total. The molecule has 1 N–H and O–H groups in total. The molecule has 0 fully saturated rings. The minimum Gasteiger partial charge on any atom is -0.508 e. The Morgan fingerprint density at radius 3 is 2.79 bits per heavy atom. The number of aldehydes is 1.